The lowest BCUT2D eigenvalue weighted by atomic mass is 9.81. The molecular formula is C20H27N7O. The third-order valence-electron chi connectivity index (χ3n) is 5.71. The van der Waals surface area contributed by atoms with Gasteiger partial charge in [0.2, 0.25) is 5.91 Å². The summed E-state index contributed by atoms with van der Waals surface area (Å²) in [6.07, 6.45) is 6.96. The van der Waals surface area contributed by atoms with Crippen molar-refractivity contribution in [2.24, 2.45) is 0 Å². The van der Waals surface area contributed by atoms with E-state index in [1.807, 2.05) is 18.2 Å². The van der Waals surface area contributed by atoms with Crippen molar-refractivity contribution >= 4 is 16.9 Å². The van der Waals surface area contributed by atoms with Crippen LogP contribution in [0.2, 0.25) is 0 Å². The summed E-state index contributed by atoms with van der Waals surface area (Å²) in [6, 6.07) is 8.48. The van der Waals surface area contributed by atoms with E-state index in [1.165, 1.54) is 0 Å². The van der Waals surface area contributed by atoms with Crippen LogP contribution in [0, 0.1) is 0 Å². The van der Waals surface area contributed by atoms with Crippen LogP contribution in [-0.4, -0.2) is 42.2 Å². The second-order valence-electron chi connectivity index (χ2n) is 7.83. The van der Waals surface area contributed by atoms with E-state index in [-0.39, 0.29) is 5.91 Å². The molecular weight excluding hydrogens is 354 g/mol. The highest BCUT2D eigenvalue weighted by molar-refractivity contribution is 5.84. The average molecular weight is 381 g/mol. The molecule has 4 rings (SSSR count). The van der Waals surface area contributed by atoms with Gasteiger partial charge in [-0.3, -0.25) is 4.79 Å². The van der Waals surface area contributed by atoms with E-state index < -0.39 is 5.54 Å². The Hall–Kier alpha value is -2.77. The van der Waals surface area contributed by atoms with Crippen LogP contribution in [0.1, 0.15) is 57.8 Å². The number of amides is 1. The van der Waals surface area contributed by atoms with Gasteiger partial charge < -0.3 is 9.88 Å². The van der Waals surface area contributed by atoms with Crippen molar-refractivity contribution in [3.63, 3.8) is 0 Å². The first-order chi connectivity index (χ1) is 13.6. The molecule has 8 heteroatoms. The van der Waals surface area contributed by atoms with Crippen molar-refractivity contribution in [1.29, 1.82) is 0 Å². The van der Waals surface area contributed by atoms with Crippen LogP contribution < -0.4 is 5.32 Å². The molecule has 0 saturated heterocycles. The van der Waals surface area contributed by atoms with Gasteiger partial charge in [-0.25, -0.2) is 9.67 Å². The van der Waals surface area contributed by atoms with Gasteiger partial charge in [0.1, 0.15) is 17.7 Å². The molecule has 148 valence electrons. The summed E-state index contributed by atoms with van der Waals surface area (Å²) in [5, 5.41) is 14.7. The van der Waals surface area contributed by atoms with Crippen molar-refractivity contribution in [3.8, 4) is 0 Å². The van der Waals surface area contributed by atoms with Gasteiger partial charge in [-0.05, 0) is 49.2 Å². The van der Waals surface area contributed by atoms with Crippen molar-refractivity contribution in [2.45, 2.75) is 64.0 Å². The molecule has 0 radical (unpaired) electrons. The van der Waals surface area contributed by atoms with Crippen LogP contribution in [0.25, 0.3) is 11.0 Å². The third kappa shape index (κ3) is 3.27. The van der Waals surface area contributed by atoms with E-state index >= 15 is 0 Å². The van der Waals surface area contributed by atoms with E-state index in [4.69, 9.17) is 4.98 Å². The molecule has 0 unspecified atom stereocenters. The maximum absolute atomic E-state index is 13.1. The molecule has 3 aromatic rings. The Kier molecular flexibility index (Phi) is 5.11. The summed E-state index contributed by atoms with van der Waals surface area (Å²) >= 11 is 0. The third-order valence-corrected chi connectivity index (χ3v) is 5.71. The molecule has 1 N–H and O–H groups in total. The Morgan fingerprint density at radius 2 is 2.00 bits per heavy atom. The monoisotopic (exact) mass is 381 g/mol. The maximum atomic E-state index is 13.1. The minimum Gasteiger partial charge on any atom is -0.354 e. The zero-order valence-electron chi connectivity index (χ0n) is 16.5. The lowest BCUT2D eigenvalue weighted by Gasteiger charge is -2.35. The van der Waals surface area contributed by atoms with Crippen LogP contribution in [0.4, 0.5) is 0 Å². The molecule has 1 aliphatic rings. The number of imidazole rings is 1. The van der Waals surface area contributed by atoms with Gasteiger partial charge in [0.15, 0.2) is 0 Å². The Morgan fingerprint density at radius 1 is 1.21 bits per heavy atom. The van der Waals surface area contributed by atoms with E-state index in [1.54, 1.807) is 11.0 Å². The van der Waals surface area contributed by atoms with Crippen molar-refractivity contribution in [3.05, 3.63) is 36.4 Å². The maximum Gasteiger partial charge on any atom is 0.248 e. The van der Waals surface area contributed by atoms with E-state index in [0.717, 1.165) is 49.0 Å². The number of hydrogen-bond donors (Lipinski definition) is 1. The number of nitrogens with zero attached hydrogens (tertiary/aromatic N) is 6. The van der Waals surface area contributed by atoms with E-state index in [9.17, 15) is 4.79 Å². The van der Waals surface area contributed by atoms with Crippen LogP contribution >= 0.6 is 0 Å². The molecule has 0 spiro atoms. The fourth-order valence-corrected chi connectivity index (χ4v) is 4.35. The Labute approximate surface area is 164 Å². The Morgan fingerprint density at radius 3 is 2.71 bits per heavy atom. The molecule has 0 bridgehead atoms. The number of carbonyl (C=O) groups is 1. The molecule has 1 aromatic carbocycles. The van der Waals surface area contributed by atoms with Gasteiger partial charge in [-0.1, -0.05) is 31.4 Å². The minimum atomic E-state index is -0.667. The first-order valence-electron chi connectivity index (χ1n) is 10.1. The normalized spacial score (nSPS) is 16.5. The van der Waals surface area contributed by atoms with Crippen LogP contribution in [-0.2, 0) is 16.8 Å². The van der Waals surface area contributed by atoms with Gasteiger partial charge in [-0.15, -0.1) is 5.10 Å². The first kappa shape index (κ1) is 18.6. The Balaban J connectivity index is 1.50. The lowest BCUT2D eigenvalue weighted by molar-refractivity contribution is -0.132. The molecule has 2 heterocycles. The summed E-state index contributed by atoms with van der Waals surface area (Å²) in [5.74, 6) is 1.00. The predicted molar refractivity (Wildman–Crippen MR) is 106 cm³/mol. The largest absolute Gasteiger partial charge is 0.354 e. The van der Waals surface area contributed by atoms with Gasteiger partial charge in [0, 0.05) is 19.0 Å². The van der Waals surface area contributed by atoms with Crippen molar-refractivity contribution in [2.75, 3.05) is 6.54 Å². The number of fused-ring (bicyclic) bond motifs is 1. The number of nitrogens with one attached hydrogen (secondary N) is 1. The second kappa shape index (κ2) is 7.69. The molecule has 28 heavy (non-hydrogen) atoms. The second-order valence-corrected chi connectivity index (χ2v) is 7.83. The number of aromatic nitrogens is 6. The lowest BCUT2D eigenvalue weighted by Crippen LogP contribution is -2.50. The zero-order chi connectivity index (χ0) is 19.6. The predicted octanol–water partition coefficient (Wildman–Crippen LogP) is 2.62. The molecule has 2 aromatic heterocycles. The highest BCUT2D eigenvalue weighted by Crippen LogP contribution is 2.34. The highest BCUT2D eigenvalue weighted by Gasteiger charge is 2.42. The topological polar surface area (TPSA) is 90.5 Å². The number of carbonyl (C=O) groups excluding carboxylic acids is 1. The van der Waals surface area contributed by atoms with Crippen LogP contribution in [0.5, 0.6) is 0 Å². The quantitative estimate of drug-likeness (QED) is 0.709. The molecule has 0 aliphatic heterocycles. The Bertz CT molecular complexity index is 939. The zero-order valence-corrected chi connectivity index (χ0v) is 16.5. The van der Waals surface area contributed by atoms with Crippen molar-refractivity contribution < 1.29 is 4.79 Å². The van der Waals surface area contributed by atoms with E-state index in [2.05, 4.69) is 45.3 Å². The fourth-order valence-electron chi connectivity index (χ4n) is 4.35. The molecule has 0 atom stereocenters. The molecule has 1 fully saturated rings. The number of hydrogen-bond acceptors (Lipinski definition) is 5. The van der Waals surface area contributed by atoms with E-state index in [0.29, 0.717) is 19.0 Å². The van der Waals surface area contributed by atoms with Gasteiger partial charge >= 0.3 is 0 Å². The molecule has 1 amide bonds. The van der Waals surface area contributed by atoms with Gasteiger partial charge in [0.25, 0.3) is 0 Å². The van der Waals surface area contributed by atoms with Crippen molar-refractivity contribution in [1.82, 2.24) is 35.1 Å². The summed E-state index contributed by atoms with van der Waals surface area (Å²) in [4.78, 5) is 17.9. The average Bonchev–Trinajstić information content (AvgIpc) is 3.36. The highest BCUT2D eigenvalue weighted by atomic mass is 16.2. The summed E-state index contributed by atoms with van der Waals surface area (Å²) < 4.78 is 3.89. The molecule has 1 aliphatic carbocycles. The number of rotatable bonds is 6. The molecule has 1 saturated carbocycles. The standard InChI is InChI=1S/C20H27N7O/c1-15(2)27-17-9-5-4-8-16(17)23-18(27)10-13-21-19(28)20(11-6-3-7-12-20)26-14-22-24-25-26/h4-5,8-9,14-15H,3,6-7,10-13H2,1-2H3,(H,21,28). The smallest absolute Gasteiger partial charge is 0.248 e. The SMILES string of the molecule is CC(C)n1c(CCNC(=O)C2(n3cnnn3)CCCCC2)nc2ccccc21. The number of tetrazole rings is 1. The van der Waals surface area contributed by atoms with Gasteiger partial charge in [0.05, 0.1) is 11.0 Å². The van der Waals surface area contributed by atoms with Gasteiger partial charge in [-0.2, -0.15) is 0 Å². The minimum absolute atomic E-state index is 0.00621. The van der Waals surface area contributed by atoms with Crippen LogP contribution in [0.15, 0.2) is 30.6 Å². The summed E-state index contributed by atoms with van der Waals surface area (Å²) in [5.41, 5.74) is 1.46. The number of para-hydroxylation sites is 2. The fraction of sp³-hybridized carbons (Fsp3) is 0.550. The molecule has 8 nitrogen and oxygen atoms in total. The first-order valence-corrected chi connectivity index (χ1v) is 10.1. The number of benzene rings is 1. The summed E-state index contributed by atoms with van der Waals surface area (Å²) in [6.45, 7) is 4.86. The summed E-state index contributed by atoms with van der Waals surface area (Å²) in [7, 11) is 0. The van der Waals surface area contributed by atoms with Crippen LogP contribution in [0.3, 0.4) is 0 Å².